The fraction of sp³-hybridized carbons (Fsp3) is 0.450. The van der Waals surface area contributed by atoms with E-state index in [1.54, 1.807) is 18.2 Å². The average Bonchev–Trinajstić information content (AvgIpc) is 3.17. The van der Waals surface area contributed by atoms with Crippen molar-refractivity contribution in [2.75, 3.05) is 5.32 Å². The number of carbonyl (C=O) groups excluding carboxylic acids is 2. The van der Waals surface area contributed by atoms with E-state index in [9.17, 15) is 19.5 Å². The molecule has 3 aliphatic rings. The molecule has 2 saturated carbocycles. The van der Waals surface area contributed by atoms with E-state index >= 15 is 0 Å². The van der Waals surface area contributed by atoms with E-state index in [1.165, 1.54) is 0 Å². The van der Waals surface area contributed by atoms with Crippen molar-refractivity contribution in [3.63, 3.8) is 0 Å². The Balaban J connectivity index is 1.53. The van der Waals surface area contributed by atoms with Crippen LogP contribution in [-0.4, -0.2) is 28.9 Å². The molecule has 1 aromatic carbocycles. The van der Waals surface area contributed by atoms with Crippen LogP contribution in [0.4, 0.5) is 5.69 Å². The van der Waals surface area contributed by atoms with E-state index in [0.29, 0.717) is 11.3 Å². The monoisotopic (exact) mass is 354 g/mol. The zero-order chi connectivity index (χ0) is 18.4. The van der Waals surface area contributed by atoms with Crippen LogP contribution >= 0.6 is 0 Å². The van der Waals surface area contributed by atoms with Gasteiger partial charge in [-0.3, -0.25) is 14.4 Å². The van der Waals surface area contributed by atoms with Crippen molar-refractivity contribution in [3.8, 4) is 0 Å². The summed E-state index contributed by atoms with van der Waals surface area (Å²) in [4.78, 5) is 36.7. The fourth-order valence-corrected chi connectivity index (χ4v) is 4.13. The van der Waals surface area contributed by atoms with Gasteiger partial charge in [0.25, 0.3) is 5.91 Å². The van der Waals surface area contributed by atoms with Crippen LogP contribution in [0.1, 0.15) is 35.2 Å². The van der Waals surface area contributed by atoms with E-state index in [1.807, 2.05) is 19.1 Å². The molecular formula is C20H22N2O4. The Morgan fingerprint density at radius 1 is 1.08 bits per heavy atom. The molecule has 0 aliphatic heterocycles. The van der Waals surface area contributed by atoms with E-state index in [4.69, 9.17) is 0 Å². The maximum atomic E-state index is 12.8. The second-order valence-corrected chi connectivity index (χ2v) is 7.60. The van der Waals surface area contributed by atoms with Gasteiger partial charge in [0.1, 0.15) is 0 Å². The third kappa shape index (κ3) is 3.00. The standard InChI is InChI=1S/C20H22N2O4/c1-10-2-3-13(18(23)21-14-6-7-14)9-15(10)22-19(24)16-11-4-5-12(8-11)17(16)20(25)26/h2-5,9,11-12,14,16-17H,6-8H2,1H3,(H,21,23)(H,22,24)(H,25,26). The molecular weight excluding hydrogens is 332 g/mol. The first-order chi connectivity index (χ1) is 12.4. The lowest BCUT2D eigenvalue weighted by atomic mass is 9.82. The van der Waals surface area contributed by atoms with Gasteiger partial charge in [0.15, 0.2) is 0 Å². The Labute approximate surface area is 151 Å². The van der Waals surface area contributed by atoms with Crippen LogP contribution in [-0.2, 0) is 9.59 Å². The highest BCUT2D eigenvalue weighted by molar-refractivity contribution is 6.00. The fourth-order valence-electron chi connectivity index (χ4n) is 4.13. The number of carboxylic acid groups (broad SMARTS) is 1. The molecule has 6 nitrogen and oxygen atoms in total. The van der Waals surface area contributed by atoms with Gasteiger partial charge >= 0.3 is 5.97 Å². The molecule has 26 heavy (non-hydrogen) atoms. The zero-order valence-electron chi connectivity index (χ0n) is 14.6. The zero-order valence-corrected chi connectivity index (χ0v) is 14.6. The quantitative estimate of drug-likeness (QED) is 0.707. The van der Waals surface area contributed by atoms with E-state index in [2.05, 4.69) is 10.6 Å². The van der Waals surface area contributed by atoms with Gasteiger partial charge in [-0.05, 0) is 55.7 Å². The highest BCUT2D eigenvalue weighted by Gasteiger charge is 2.51. The van der Waals surface area contributed by atoms with Gasteiger partial charge in [0, 0.05) is 17.3 Å². The minimum absolute atomic E-state index is 0.0252. The number of aliphatic carboxylic acids is 1. The smallest absolute Gasteiger partial charge is 0.307 e. The molecule has 6 heteroatoms. The molecule has 0 heterocycles. The number of rotatable bonds is 5. The van der Waals surface area contributed by atoms with Crippen LogP contribution in [0.15, 0.2) is 30.4 Å². The minimum Gasteiger partial charge on any atom is -0.481 e. The number of aryl methyl sites for hydroxylation is 1. The number of benzene rings is 1. The summed E-state index contributed by atoms with van der Waals surface area (Å²) in [6.07, 6.45) is 6.62. The number of anilines is 1. The van der Waals surface area contributed by atoms with Crippen molar-refractivity contribution in [2.45, 2.75) is 32.2 Å². The summed E-state index contributed by atoms with van der Waals surface area (Å²) in [7, 11) is 0. The Hall–Kier alpha value is -2.63. The van der Waals surface area contributed by atoms with E-state index in [-0.39, 0.29) is 29.7 Å². The molecule has 0 saturated heterocycles. The molecule has 1 aromatic rings. The lowest BCUT2D eigenvalue weighted by molar-refractivity contribution is -0.146. The third-order valence-electron chi connectivity index (χ3n) is 5.72. The average molecular weight is 354 g/mol. The SMILES string of the molecule is Cc1ccc(C(=O)NC2CC2)cc1NC(=O)C1C2C=CC(C2)C1C(=O)O. The summed E-state index contributed by atoms with van der Waals surface area (Å²) in [6, 6.07) is 5.47. The second-order valence-electron chi connectivity index (χ2n) is 7.60. The number of allylic oxidation sites excluding steroid dienone is 2. The molecule has 136 valence electrons. The van der Waals surface area contributed by atoms with Crippen molar-refractivity contribution < 1.29 is 19.5 Å². The van der Waals surface area contributed by atoms with Gasteiger partial charge in [0.2, 0.25) is 5.91 Å². The van der Waals surface area contributed by atoms with Gasteiger partial charge in [-0.15, -0.1) is 0 Å². The summed E-state index contributed by atoms with van der Waals surface area (Å²) in [6.45, 7) is 1.85. The lowest BCUT2D eigenvalue weighted by Crippen LogP contribution is -2.36. The predicted octanol–water partition coefficient (Wildman–Crippen LogP) is 2.35. The molecule has 3 aliphatic carbocycles. The number of carbonyl (C=O) groups is 3. The first-order valence-corrected chi connectivity index (χ1v) is 9.07. The first-order valence-electron chi connectivity index (χ1n) is 9.07. The molecule has 0 aromatic heterocycles. The Morgan fingerprint density at radius 3 is 2.42 bits per heavy atom. The van der Waals surface area contributed by atoms with Gasteiger partial charge < -0.3 is 15.7 Å². The van der Waals surface area contributed by atoms with Gasteiger partial charge in [0.05, 0.1) is 11.8 Å². The van der Waals surface area contributed by atoms with Gasteiger partial charge in [-0.25, -0.2) is 0 Å². The van der Waals surface area contributed by atoms with E-state index < -0.39 is 17.8 Å². The number of nitrogens with one attached hydrogen (secondary N) is 2. The molecule has 4 unspecified atom stereocenters. The molecule has 2 fully saturated rings. The van der Waals surface area contributed by atoms with Crippen LogP contribution in [0.5, 0.6) is 0 Å². The summed E-state index contributed by atoms with van der Waals surface area (Å²) in [5.41, 5.74) is 1.90. The van der Waals surface area contributed by atoms with Crippen molar-refractivity contribution in [2.24, 2.45) is 23.7 Å². The molecule has 4 rings (SSSR count). The molecule has 4 atom stereocenters. The summed E-state index contributed by atoms with van der Waals surface area (Å²) in [5, 5.41) is 15.3. The molecule has 2 bridgehead atoms. The molecule has 2 amide bonds. The van der Waals surface area contributed by atoms with Crippen molar-refractivity contribution in [3.05, 3.63) is 41.5 Å². The Kier molecular flexibility index (Phi) is 4.05. The number of hydrogen-bond acceptors (Lipinski definition) is 3. The summed E-state index contributed by atoms with van der Waals surface area (Å²) >= 11 is 0. The first kappa shape index (κ1) is 16.8. The highest BCUT2D eigenvalue weighted by atomic mass is 16.4. The van der Waals surface area contributed by atoms with Crippen molar-refractivity contribution in [1.82, 2.24) is 5.32 Å². The normalized spacial score (nSPS) is 28.8. The number of amides is 2. The number of hydrogen-bond donors (Lipinski definition) is 3. The summed E-state index contributed by atoms with van der Waals surface area (Å²) in [5.74, 6) is -2.67. The van der Waals surface area contributed by atoms with Gasteiger partial charge in [-0.2, -0.15) is 0 Å². The van der Waals surface area contributed by atoms with Crippen LogP contribution in [0.3, 0.4) is 0 Å². The number of fused-ring (bicyclic) bond motifs is 2. The van der Waals surface area contributed by atoms with Crippen molar-refractivity contribution >= 4 is 23.5 Å². The van der Waals surface area contributed by atoms with E-state index in [0.717, 1.165) is 24.8 Å². The maximum absolute atomic E-state index is 12.8. The predicted molar refractivity (Wildman–Crippen MR) is 95.6 cm³/mol. The van der Waals surface area contributed by atoms with Crippen molar-refractivity contribution in [1.29, 1.82) is 0 Å². The molecule has 0 radical (unpaired) electrons. The maximum Gasteiger partial charge on any atom is 0.307 e. The molecule has 0 spiro atoms. The van der Waals surface area contributed by atoms with Crippen LogP contribution in [0, 0.1) is 30.6 Å². The van der Waals surface area contributed by atoms with Crippen LogP contribution < -0.4 is 10.6 Å². The highest BCUT2D eigenvalue weighted by Crippen LogP contribution is 2.48. The third-order valence-corrected chi connectivity index (χ3v) is 5.72. The number of carboxylic acids is 1. The Bertz CT molecular complexity index is 812. The topological polar surface area (TPSA) is 95.5 Å². The lowest BCUT2D eigenvalue weighted by Gasteiger charge is -2.24. The Morgan fingerprint density at radius 2 is 1.77 bits per heavy atom. The minimum atomic E-state index is -0.920. The van der Waals surface area contributed by atoms with Gasteiger partial charge in [-0.1, -0.05) is 18.2 Å². The molecule has 3 N–H and O–H groups in total. The summed E-state index contributed by atoms with van der Waals surface area (Å²) < 4.78 is 0. The second kappa shape index (κ2) is 6.27. The van der Waals surface area contributed by atoms with Crippen LogP contribution in [0.25, 0.3) is 0 Å². The largest absolute Gasteiger partial charge is 0.481 e. The van der Waals surface area contributed by atoms with Crippen LogP contribution in [0.2, 0.25) is 0 Å².